The van der Waals surface area contributed by atoms with E-state index in [1.165, 1.54) is 12.1 Å². The molecule has 0 bridgehead atoms. The van der Waals surface area contributed by atoms with Crippen LogP contribution in [0.5, 0.6) is 0 Å². The number of aryl methyl sites for hydroxylation is 2. The molecule has 0 aliphatic heterocycles. The summed E-state index contributed by atoms with van der Waals surface area (Å²) >= 11 is 0. The molecular formula is C16H13F3N4. The molecule has 3 rings (SSSR count). The Kier molecular flexibility index (Phi) is 3.63. The fourth-order valence-electron chi connectivity index (χ4n) is 2.22. The summed E-state index contributed by atoms with van der Waals surface area (Å²) < 4.78 is 39.9. The molecule has 4 nitrogen and oxygen atoms in total. The van der Waals surface area contributed by atoms with Gasteiger partial charge in [0.1, 0.15) is 5.65 Å². The number of azo groups is 1. The molecule has 0 spiro atoms. The minimum absolute atomic E-state index is 0.140. The summed E-state index contributed by atoms with van der Waals surface area (Å²) in [5, 5.41) is 8.00. The van der Waals surface area contributed by atoms with E-state index < -0.39 is 11.7 Å². The van der Waals surface area contributed by atoms with E-state index in [1.807, 2.05) is 25.3 Å². The quantitative estimate of drug-likeness (QED) is 0.584. The van der Waals surface area contributed by atoms with Gasteiger partial charge in [-0.2, -0.15) is 13.2 Å². The number of aromatic nitrogens is 2. The largest absolute Gasteiger partial charge is 0.416 e. The Hall–Kier alpha value is -2.70. The number of hydrogen-bond donors (Lipinski definition) is 0. The SMILES string of the molecule is Cc1ccn2c(N=Nc3cccc(C(F)(F)F)c3)c(C)nc2c1. The predicted molar refractivity (Wildman–Crippen MR) is 80.3 cm³/mol. The van der Waals surface area contributed by atoms with Crippen LogP contribution in [0.4, 0.5) is 24.7 Å². The molecule has 0 aliphatic carbocycles. The monoisotopic (exact) mass is 318 g/mol. The summed E-state index contributed by atoms with van der Waals surface area (Å²) in [6.07, 6.45) is -2.59. The van der Waals surface area contributed by atoms with Crippen LogP contribution in [-0.2, 0) is 6.18 Å². The van der Waals surface area contributed by atoms with Crippen LogP contribution in [0.2, 0.25) is 0 Å². The Morgan fingerprint density at radius 3 is 2.57 bits per heavy atom. The lowest BCUT2D eigenvalue weighted by molar-refractivity contribution is -0.137. The highest BCUT2D eigenvalue weighted by Crippen LogP contribution is 2.32. The van der Waals surface area contributed by atoms with Crippen molar-refractivity contribution >= 4 is 17.2 Å². The van der Waals surface area contributed by atoms with Gasteiger partial charge in [-0.3, -0.25) is 4.40 Å². The second-order valence-corrected chi connectivity index (χ2v) is 5.20. The van der Waals surface area contributed by atoms with E-state index in [-0.39, 0.29) is 5.69 Å². The van der Waals surface area contributed by atoms with Crippen molar-refractivity contribution in [3.8, 4) is 0 Å². The van der Waals surface area contributed by atoms with Crippen molar-refractivity contribution in [2.45, 2.75) is 20.0 Å². The zero-order valence-corrected chi connectivity index (χ0v) is 12.5. The van der Waals surface area contributed by atoms with E-state index in [4.69, 9.17) is 0 Å². The Balaban J connectivity index is 1.99. The molecule has 7 heteroatoms. The molecule has 3 aromatic rings. The zero-order valence-electron chi connectivity index (χ0n) is 12.5. The fourth-order valence-corrected chi connectivity index (χ4v) is 2.22. The highest BCUT2D eigenvalue weighted by molar-refractivity contribution is 5.53. The molecule has 0 saturated heterocycles. The van der Waals surface area contributed by atoms with E-state index >= 15 is 0 Å². The summed E-state index contributed by atoms with van der Waals surface area (Å²) in [5.74, 6) is 0.498. The van der Waals surface area contributed by atoms with E-state index in [0.29, 0.717) is 11.5 Å². The van der Waals surface area contributed by atoms with E-state index in [9.17, 15) is 13.2 Å². The van der Waals surface area contributed by atoms with Gasteiger partial charge in [-0.25, -0.2) is 4.98 Å². The number of pyridine rings is 1. The second-order valence-electron chi connectivity index (χ2n) is 5.20. The minimum atomic E-state index is -4.40. The van der Waals surface area contributed by atoms with Crippen molar-refractivity contribution in [2.24, 2.45) is 10.2 Å². The molecule has 0 radical (unpaired) electrons. The first-order valence-corrected chi connectivity index (χ1v) is 6.89. The van der Waals surface area contributed by atoms with Crippen LogP contribution in [0.1, 0.15) is 16.8 Å². The van der Waals surface area contributed by atoms with Crippen LogP contribution >= 0.6 is 0 Å². The van der Waals surface area contributed by atoms with E-state index in [2.05, 4.69) is 15.2 Å². The molecule has 0 N–H and O–H groups in total. The van der Waals surface area contributed by atoms with Crippen LogP contribution in [0.25, 0.3) is 5.65 Å². The number of halogens is 3. The van der Waals surface area contributed by atoms with Crippen molar-refractivity contribution in [3.63, 3.8) is 0 Å². The fraction of sp³-hybridized carbons (Fsp3) is 0.188. The van der Waals surface area contributed by atoms with Crippen molar-refractivity contribution in [1.82, 2.24) is 9.38 Å². The van der Waals surface area contributed by atoms with Crippen molar-refractivity contribution in [3.05, 3.63) is 59.4 Å². The third kappa shape index (κ3) is 3.08. The maximum absolute atomic E-state index is 12.7. The van der Waals surface area contributed by atoms with Gasteiger partial charge in [0.15, 0.2) is 5.82 Å². The molecule has 1 aromatic carbocycles. The summed E-state index contributed by atoms with van der Waals surface area (Å²) in [6, 6.07) is 8.55. The van der Waals surface area contributed by atoms with Crippen LogP contribution < -0.4 is 0 Å². The molecule has 23 heavy (non-hydrogen) atoms. The third-order valence-electron chi connectivity index (χ3n) is 3.36. The van der Waals surface area contributed by atoms with Crippen LogP contribution in [-0.4, -0.2) is 9.38 Å². The second kappa shape index (κ2) is 5.49. The van der Waals surface area contributed by atoms with Crippen LogP contribution in [0.15, 0.2) is 52.8 Å². The van der Waals surface area contributed by atoms with E-state index in [1.54, 1.807) is 11.3 Å². The number of imidazole rings is 1. The maximum atomic E-state index is 12.7. The van der Waals surface area contributed by atoms with Crippen LogP contribution in [0, 0.1) is 13.8 Å². The van der Waals surface area contributed by atoms with E-state index in [0.717, 1.165) is 23.3 Å². The Morgan fingerprint density at radius 1 is 1.04 bits per heavy atom. The van der Waals surface area contributed by atoms with Gasteiger partial charge in [0.2, 0.25) is 0 Å². The molecule has 0 aliphatic rings. The number of hydrogen-bond acceptors (Lipinski definition) is 3. The van der Waals surface area contributed by atoms with Crippen molar-refractivity contribution in [1.29, 1.82) is 0 Å². The number of alkyl halides is 3. The molecule has 2 heterocycles. The minimum Gasteiger partial charge on any atom is -0.283 e. The molecule has 0 atom stereocenters. The third-order valence-corrected chi connectivity index (χ3v) is 3.36. The van der Waals surface area contributed by atoms with Gasteiger partial charge >= 0.3 is 6.18 Å². The number of rotatable bonds is 2. The smallest absolute Gasteiger partial charge is 0.283 e. The Bertz CT molecular complexity index is 894. The van der Waals surface area contributed by atoms with Gasteiger partial charge in [0, 0.05) is 6.20 Å². The van der Waals surface area contributed by atoms with Gasteiger partial charge in [-0.15, -0.1) is 10.2 Å². The lowest BCUT2D eigenvalue weighted by Crippen LogP contribution is -2.03. The molecule has 0 unspecified atom stereocenters. The number of benzene rings is 1. The first-order chi connectivity index (χ1) is 10.8. The molecule has 0 amide bonds. The van der Waals surface area contributed by atoms with Gasteiger partial charge in [0.05, 0.1) is 16.9 Å². The summed E-state index contributed by atoms with van der Waals surface area (Å²) in [4.78, 5) is 4.37. The van der Waals surface area contributed by atoms with Crippen molar-refractivity contribution in [2.75, 3.05) is 0 Å². The maximum Gasteiger partial charge on any atom is 0.416 e. The number of fused-ring (bicyclic) bond motifs is 1. The van der Waals surface area contributed by atoms with Crippen LogP contribution in [0.3, 0.4) is 0 Å². The Labute approximate surface area is 130 Å². The lowest BCUT2D eigenvalue weighted by Gasteiger charge is -2.05. The summed E-state index contributed by atoms with van der Waals surface area (Å²) in [6.45, 7) is 3.73. The standard InChI is InChI=1S/C16H13F3N4/c1-10-6-7-23-14(8-10)20-11(2)15(23)22-21-13-5-3-4-12(9-13)16(17,18)19/h3-9H,1-2H3. The average molecular weight is 318 g/mol. The molecule has 118 valence electrons. The molecule has 0 saturated carbocycles. The summed E-state index contributed by atoms with van der Waals surface area (Å²) in [5.41, 5.74) is 1.83. The van der Waals surface area contributed by atoms with Gasteiger partial charge in [0.25, 0.3) is 0 Å². The normalized spacial score (nSPS) is 12.4. The Morgan fingerprint density at radius 2 is 1.83 bits per heavy atom. The predicted octanol–water partition coefficient (Wildman–Crippen LogP) is 5.39. The molecule has 2 aromatic heterocycles. The average Bonchev–Trinajstić information content (AvgIpc) is 2.79. The van der Waals surface area contributed by atoms with Crippen molar-refractivity contribution < 1.29 is 13.2 Å². The zero-order chi connectivity index (χ0) is 16.6. The number of nitrogens with zero attached hydrogens (tertiary/aromatic N) is 4. The van der Waals surface area contributed by atoms with Gasteiger partial charge < -0.3 is 0 Å². The topological polar surface area (TPSA) is 42.0 Å². The lowest BCUT2D eigenvalue weighted by atomic mass is 10.2. The van der Waals surface area contributed by atoms with Gasteiger partial charge in [-0.05, 0) is 49.7 Å². The summed E-state index contributed by atoms with van der Waals surface area (Å²) in [7, 11) is 0. The first kappa shape index (κ1) is 15.2. The van der Waals surface area contributed by atoms with Gasteiger partial charge in [-0.1, -0.05) is 6.07 Å². The highest BCUT2D eigenvalue weighted by atomic mass is 19.4. The molecular weight excluding hydrogens is 305 g/mol. The first-order valence-electron chi connectivity index (χ1n) is 6.89. The molecule has 0 fully saturated rings. The highest BCUT2D eigenvalue weighted by Gasteiger charge is 2.30.